The van der Waals surface area contributed by atoms with Gasteiger partial charge in [0.25, 0.3) is 0 Å². The van der Waals surface area contributed by atoms with E-state index in [4.69, 9.17) is 5.11 Å². The lowest BCUT2D eigenvalue weighted by Crippen LogP contribution is -2.39. The average Bonchev–Trinajstić information content (AvgIpc) is 3.04. The third-order valence-corrected chi connectivity index (χ3v) is 4.99. The predicted molar refractivity (Wildman–Crippen MR) is 76.6 cm³/mol. The van der Waals surface area contributed by atoms with E-state index in [9.17, 15) is 9.59 Å². The molecule has 2 N–H and O–H groups in total. The summed E-state index contributed by atoms with van der Waals surface area (Å²) < 4.78 is 0. The fourth-order valence-electron chi connectivity index (χ4n) is 2.59. The van der Waals surface area contributed by atoms with Crippen LogP contribution in [0.15, 0.2) is 41.3 Å². The van der Waals surface area contributed by atoms with Gasteiger partial charge in [-0.1, -0.05) is 30.4 Å². The molecule has 1 aromatic carbocycles. The molecule has 3 rings (SSSR count). The number of carbonyl (C=O) groups excluding carboxylic acids is 1. The molecule has 1 aromatic rings. The molecule has 0 radical (unpaired) electrons. The van der Waals surface area contributed by atoms with Crippen molar-refractivity contribution >= 4 is 23.6 Å². The molecular formula is C15H15NO3S. The van der Waals surface area contributed by atoms with Gasteiger partial charge < -0.3 is 10.4 Å². The van der Waals surface area contributed by atoms with E-state index in [0.717, 1.165) is 11.3 Å². The van der Waals surface area contributed by atoms with E-state index >= 15 is 0 Å². The monoisotopic (exact) mass is 289 g/mol. The van der Waals surface area contributed by atoms with Crippen LogP contribution in [0.1, 0.15) is 12.0 Å². The lowest BCUT2D eigenvalue weighted by molar-refractivity contribution is -0.140. The third kappa shape index (κ3) is 2.58. The average molecular weight is 289 g/mol. The largest absolute Gasteiger partial charge is 0.481 e. The lowest BCUT2D eigenvalue weighted by Gasteiger charge is -2.15. The standard InChI is InChI=1S/C15H15NO3S/c17-14(16-11-6-5-10(7-11)15(18)19)13-8-9-3-1-2-4-12(9)20-13/h1-6,10-11,13H,7-8H2,(H,16,17)(H,18,19). The highest BCUT2D eigenvalue weighted by Gasteiger charge is 2.31. The summed E-state index contributed by atoms with van der Waals surface area (Å²) in [5.74, 6) is -1.32. The number of carboxylic acid groups (broad SMARTS) is 1. The Morgan fingerprint density at radius 2 is 2.05 bits per heavy atom. The Bertz CT molecular complexity index is 559. The number of hydrogen-bond donors (Lipinski definition) is 2. The highest BCUT2D eigenvalue weighted by atomic mass is 32.2. The second-order valence-corrected chi connectivity index (χ2v) is 6.34. The molecule has 0 aromatic heterocycles. The Hall–Kier alpha value is -1.75. The van der Waals surface area contributed by atoms with Gasteiger partial charge in [-0.2, -0.15) is 0 Å². The molecule has 20 heavy (non-hydrogen) atoms. The molecule has 4 nitrogen and oxygen atoms in total. The maximum atomic E-state index is 12.2. The number of fused-ring (bicyclic) bond motifs is 1. The van der Waals surface area contributed by atoms with Crippen molar-refractivity contribution in [2.75, 3.05) is 0 Å². The maximum absolute atomic E-state index is 12.2. The summed E-state index contributed by atoms with van der Waals surface area (Å²) in [6, 6.07) is 7.88. The Kier molecular flexibility index (Phi) is 3.53. The summed E-state index contributed by atoms with van der Waals surface area (Å²) in [6.45, 7) is 0. The van der Waals surface area contributed by atoms with E-state index in [1.54, 1.807) is 23.9 Å². The molecule has 1 amide bonds. The third-order valence-electron chi connectivity index (χ3n) is 3.67. The van der Waals surface area contributed by atoms with Crippen LogP contribution in [-0.2, 0) is 16.0 Å². The number of amides is 1. The Morgan fingerprint density at radius 3 is 2.75 bits per heavy atom. The fourth-order valence-corrected chi connectivity index (χ4v) is 3.80. The molecule has 1 aliphatic carbocycles. The zero-order valence-corrected chi connectivity index (χ0v) is 11.6. The first-order valence-electron chi connectivity index (χ1n) is 6.59. The van der Waals surface area contributed by atoms with Crippen molar-refractivity contribution in [2.24, 2.45) is 5.92 Å². The van der Waals surface area contributed by atoms with Gasteiger partial charge in [0.05, 0.1) is 11.2 Å². The van der Waals surface area contributed by atoms with E-state index in [2.05, 4.69) is 5.32 Å². The number of aliphatic carboxylic acids is 1. The van der Waals surface area contributed by atoms with Gasteiger partial charge >= 0.3 is 5.97 Å². The summed E-state index contributed by atoms with van der Waals surface area (Å²) >= 11 is 1.58. The molecule has 104 valence electrons. The fraction of sp³-hybridized carbons (Fsp3) is 0.333. The van der Waals surface area contributed by atoms with Gasteiger partial charge in [0, 0.05) is 10.9 Å². The topological polar surface area (TPSA) is 66.4 Å². The van der Waals surface area contributed by atoms with E-state index in [-0.39, 0.29) is 17.2 Å². The van der Waals surface area contributed by atoms with Crippen LogP contribution in [0, 0.1) is 5.92 Å². The molecule has 1 heterocycles. The number of carbonyl (C=O) groups is 2. The van der Waals surface area contributed by atoms with Crippen molar-refractivity contribution in [1.29, 1.82) is 0 Å². The highest BCUT2D eigenvalue weighted by Crippen LogP contribution is 2.36. The predicted octanol–water partition coefficient (Wildman–Crippen LogP) is 1.85. The van der Waals surface area contributed by atoms with Gasteiger partial charge in [-0.05, 0) is 24.5 Å². The van der Waals surface area contributed by atoms with Gasteiger partial charge in [-0.3, -0.25) is 9.59 Å². The summed E-state index contributed by atoms with van der Waals surface area (Å²) in [6.07, 6.45) is 4.63. The van der Waals surface area contributed by atoms with Crippen LogP contribution in [0.2, 0.25) is 0 Å². The zero-order chi connectivity index (χ0) is 14.1. The molecule has 5 heteroatoms. The minimum atomic E-state index is -0.833. The summed E-state index contributed by atoms with van der Waals surface area (Å²) in [4.78, 5) is 24.3. The Morgan fingerprint density at radius 1 is 1.25 bits per heavy atom. The second kappa shape index (κ2) is 5.32. The van der Waals surface area contributed by atoms with Crippen molar-refractivity contribution in [3.63, 3.8) is 0 Å². The summed E-state index contributed by atoms with van der Waals surface area (Å²) in [7, 11) is 0. The summed E-state index contributed by atoms with van der Waals surface area (Å²) in [5, 5.41) is 11.8. The molecule has 3 atom stereocenters. The zero-order valence-electron chi connectivity index (χ0n) is 10.8. The van der Waals surface area contributed by atoms with Gasteiger partial charge in [-0.25, -0.2) is 0 Å². The molecule has 1 aliphatic heterocycles. The van der Waals surface area contributed by atoms with Crippen LogP contribution in [0.5, 0.6) is 0 Å². The van der Waals surface area contributed by atoms with Gasteiger partial charge in [-0.15, -0.1) is 11.8 Å². The van der Waals surface area contributed by atoms with Gasteiger partial charge in [0.2, 0.25) is 5.91 Å². The number of nitrogens with one attached hydrogen (secondary N) is 1. The molecular weight excluding hydrogens is 274 g/mol. The van der Waals surface area contributed by atoms with Crippen molar-refractivity contribution in [3.05, 3.63) is 42.0 Å². The van der Waals surface area contributed by atoms with E-state index in [1.165, 1.54) is 5.56 Å². The first-order valence-corrected chi connectivity index (χ1v) is 7.47. The van der Waals surface area contributed by atoms with Crippen LogP contribution < -0.4 is 5.32 Å². The molecule has 0 saturated heterocycles. The minimum absolute atomic E-state index is 0.00751. The van der Waals surface area contributed by atoms with E-state index < -0.39 is 11.9 Å². The van der Waals surface area contributed by atoms with Crippen LogP contribution in [-0.4, -0.2) is 28.3 Å². The first kappa shape index (κ1) is 13.2. The molecule has 0 saturated carbocycles. The van der Waals surface area contributed by atoms with E-state index in [1.807, 2.05) is 24.3 Å². The van der Waals surface area contributed by atoms with Crippen LogP contribution in [0.25, 0.3) is 0 Å². The van der Waals surface area contributed by atoms with E-state index in [0.29, 0.717) is 6.42 Å². The molecule has 0 bridgehead atoms. The van der Waals surface area contributed by atoms with Crippen molar-refractivity contribution in [1.82, 2.24) is 5.32 Å². The van der Waals surface area contributed by atoms with Crippen molar-refractivity contribution in [3.8, 4) is 0 Å². The van der Waals surface area contributed by atoms with Gasteiger partial charge in [0.1, 0.15) is 0 Å². The number of benzene rings is 1. The normalized spacial score (nSPS) is 27.3. The van der Waals surface area contributed by atoms with Crippen molar-refractivity contribution < 1.29 is 14.7 Å². The smallest absolute Gasteiger partial charge is 0.310 e. The lowest BCUT2D eigenvalue weighted by atomic mass is 10.1. The number of rotatable bonds is 3. The Balaban J connectivity index is 1.57. The summed E-state index contributed by atoms with van der Waals surface area (Å²) in [5.41, 5.74) is 1.21. The number of thioether (sulfide) groups is 1. The minimum Gasteiger partial charge on any atom is -0.481 e. The number of hydrogen-bond acceptors (Lipinski definition) is 3. The van der Waals surface area contributed by atoms with Crippen LogP contribution in [0.4, 0.5) is 0 Å². The van der Waals surface area contributed by atoms with Gasteiger partial charge in [0.15, 0.2) is 0 Å². The first-order chi connectivity index (χ1) is 9.63. The van der Waals surface area contributed by atoms with Crippen molar-refractivity contribution in [2.45, 2.75) is 29.0 Å². The quantitative estimate of drug-likeness (QED) is 0.833. The molecule has 0 fully saturated rings. The van der Waals surface area contributed by atoms with Crippen LogP contribution in [0.3, 0.4) is 0 Å². The Labute approximate surface area is 121 Å². The molecule has 2 aliphatic rings. The molecule has 0 spiro atoms. The maximum Gasteiger partial charge on any atom is 0.310 e. The SMILES string of the molecule is O=C(O)C1C=CC(NC(=O)C2Cc3ccccc3S2)C1. The molecule has 3 unspecified atom stereocenters. The number of carboxylic acids is 1. The van der Waals surface area contributed by atoms with Crippen LogP contribution >= 0.6 is 11.8 Å². The highest BCUT2D eigenvalue weighted by molar-refractivity contribution is 8.01. The second-order valence-electron chi connectivity index (χ2n) is 5.10.